The monoisotopic (exact) mass is 333 g/mol. The molecule has 0 spiro atoms. The lowest BCUT2D eigenvalue weighted by Gasteiger charge is -2.09. The maximum absolute atomic E-state index is 13.0. The van der Waals surface area contributed by atoms with Gasteiger partial charge in [0.1, 0.15) is 5.82 Å². The summed E-state index contributed by atoms with van der Waals surface area (Å²) in [6.07, 6.45) is 0. The molecule has 20 heavy (non-hydrogen) atoms. The van der Waals surface area contributed by atoms with Crippen LogP contribution in [-0.4, -0.2) is 8.42 Å². The van der Waals surface area contributed by atoms with Crippen molar-refractivity contribution in [2.75, 3.05) is 5.73 Å². The second kappa shape index (κ2) is 5.60. The number of anilines is 1. The van der Waals surface area contributed by atoms with Gasteiger partial charge < -0.3 is 5.73 Å². The topological polar surface area (TPSA) is 60.2 Å². The summed E-state index contributed by atoms with van der Waals surface area (Å²) in [4.78, 5) is -0.0737. The zero-order valence-corrected chi connectivity index (χ0v) is 12.4. The van der Waals surface area contributed by atoms with Crippen LogP contribution in [-0.2, 0) is 15.6 Å². The van der Waals surface area contributed by atoms with Crippen molar-refractivity contribution in [2.45, 2.75) is 10.6 Å². The second-order valence-corrected chi connectivity index (χ2v) is 6.98. The van der Waals surface area contributed by atoms with Gasteiger partial charge in [-0.2, -0.15) is 0 Å². The van der Waals surface area contributed by atoms with Crippen molar-refractivity contribution < 1.29 is 12.8 Å². The van der Waals surface area contributed by atoms with Crippen LogP contribution < -0.4 is 5.73 Å². The zero-order valence-electron chi connectivity index (χ0n) is 10.1. The predicted octanol–water partition coefficient (Wildman–Crippen LogP) is 3.69. The van der Waals surface area contributed by atoms with Crippen LogP contribution in [0.5, 0.6) is 0 Å². The highest BCUT2D eigenvalue weighted by molar-refractivity contribution is 7.90. The minimum atomic E-state index is -3.72. The SMILES string of the molecule is Nc1cc(F)ccc1CS(=O)(=O)c1cc(Cl)ccc1Cl. The third-order valence-electron chi connectivity index (χ3n) is 2.68. The van der Waals surface area contributed by atoms with Gasteiger partial charge in [-0.25, -0.2) is 12.8 Å². The van der Waals surface area contributed by atoms with E-state index in [0.29, 0.717) is 5.56 Å². The summed E-state index contributed by atoms with van der Waals surface area (Å²) in [7, 11) is -3.72. The maximum atomic E-state index is 13.0. The zero-order chi connectivity index (χ0) is 14.9. The molecule has 2 N–H and O–H groups in total. The molecule has 0 aromatic heterocycles. The molecule has 0 radical (unpaired) electrons. The van der Waals surface area contributed by atoms with Gasteiger partial charge in [-0.15, -0.1) is 0 Å². The number of hydrogen-bond acceptors (Lipinski definition) is 3. The van der Waals surface area contributed by atoms with E-state index in [9.17, 15) is 12.8 Å². The molecule has 0 aliphatic rings. The van der Waals surface area contributed by atoms with E-state index in [-0.39, 0.29) is 26.4 Å². The summed E-state index contributed by atoms with van der Waals surface area (Å²) in [5, 5.41) is 0.343. The molecule has 0 unspecified atom stereocenters. The molecule has 2 aromatic carbocycles. The van der Waals surface area contributed by atoms with E-state index >= 15 is 0 Å². The molecule has 7 heteroatoms. The fourth-order valence-electron chi connectivity index (χ4n) is 1.70. The van der Waals surface area contributed by atoms with Gasteiger partial charge in [-0.3, -0.25) is 0 Å². The summed E-state index contributed by atoms with van der Waals surface area (Å²) < 4.78 is 37.6. The lowest BCUT2D eigenvalue weighted by atomic mass is 10.2. The number of sulfone groups is 1. The van der Waals surface area contributed by atoms with Gasteiger partial charge in [0, 0.05) is 10.7 Å². The van der Waals surface area contributed by atoms with E-state index in [1.165, 1.54) is 24.3 Å². The largest absolute Gasteiger partial charge is 0.398 e. The Bertz CT molecular complexity index is 763. The Morgan fingerprint density at radius 2 is 1.80 bits per heavy atom. The normalized spacial score (nSPS) is 11.6. The average Bonchev–Trinajstić information content (AvgIpc) is 2.35. The van der Waals surface area contributed by atoms with Crippen molar-refractivity contribution in [3.8, 4) is 0 Å². The van der Waals surface area contributed by atoms with Crippen molar-refractivity contribution in [2.24, 2.45) is 0 Å². The second-order valence-electron chi connectivity index (χ2n) is 4.18. The summed E-state index contributed by atoms with van der Waals surface area (Å²) in [6, 6.07) is 7.74. The lowest BCUT2D eigenvalue weighted by Crippen LogP contribution is -2.08. The van der Waals surface area contributed by atoms with Crippen LogP contribution >= 0.6 is 23.2 Å². The highest BCUT2D eigenvalue weighted by atomic mass is 35.5. The van der Waals surface area contributed by atoms with Crippen molar-refractivity contribution in [3.63, 3.8) is 0 Å². The molecule has 3 nitrogen and oxygen atoms in total. The van der Waals surface area contributed by atoms with E-state index in [1.54, 1.807) is 0 Å². The molecule has 2 rings (SSSR count). The smallest absolute Gasteiger partial charge is 0.184 e. The first-order chi connectivity index (χ1) is 9.29. The van der Waals surface area contributed by atoms with Crippen LogP contribution in [0.3, 0.4) is 0 Å². The Morgan fingerprint density at radius 1 is 1.10 bits per heavy atom. The van der Waals surface area contributed by atoms with Gasteiger partial charge in [0.25, 0.3) is 0 Å². The average molecular weight is 334 g/mol. The molecular weight excluding hydrogens is 324 g/mol. The highest BCUT2D eigenvalue weighted by Gasteiger charge is 2.20. The molecule has 2 aromatic rings. The van der Waals surface area contributed by atoms with Crippen LogP contribution in [0, 0.1) is 5.82 Å². The summed E-state index contributed by atoms with van der Waals surface area (Å²) >= 11 is 11.7. The van der Waals surface area contributed by atoms with Gasteiger partial charge in [-0.05, 0) is 35.9 Å². The van der Waals surface area contributed by atoms with Crippen LogP contribution in [0.1, 0.15) is 5.56 Å². The quantitative estimate of drug-likeness (QED) is 0.871. The fourth-order valence-corrected chi connectivity index (χ4v) is 3.90. The van der Waals surface area contributed by atoms with Crippen molar-refractivity contribution in [1.82, 2.24) is 0 Å². The minimum absolute atomic E-state index is 0.0737. The number of halogens is 3. The third-order valence-corrected chi connectivity index (χ3v) is 5.06. The standard InChI is InChI=1S/C13H10Cl2FNO2S/c14-9-2-4-11(15)13(5-9)20(18,19)7-8-1-3-10(16)6-12(8)17/h1-6H,7,17H2. The van der Waals surface area contributed by atoms with Gasteiger partial charge >= 0.3 is 0 Å². The molecule has 0 aliphatic carbocycles. The number of nitrogens with two attached hydrogens (primary N) is 1. The molecule has 0 atom stereocenters. The number of rotatable bonds is 3. The molecule has 106 valence electrons. The van der Waals surface area contributed by atoms with E-state index in [2.05, 4.69) is 0 Å². The van der Waals surface area contributed by atoms with Gasteiger partial charge in [0.15, 0.2) is 9.84 Å². The van der Waals surface area contributed by atoms with Gasteiger partial charge in [0.2, 0.25) is 0 Å². The first-order valence-electron chi connectivity index (χ1n) is 5.51. The Morgan fingerprint density at radius 3 is 2.45 bits per heavy atom. The predicted molar refractivity (Wildman–Crippen MR) is 78.2 cm³/mol. The molecule has 0 aliphatic heterocycles. The van der Waals surface area contributed by atoms with E-state index in [4.69, 9.17) is 28.9 Å². The molecule has 0 saturated carbocycles. The van der Waals surface area contributed by atoms with E-state index < -0.39 is 15.7 Å². The van der Waals surface area contributed by atoms with Gasteiger partial charge in [-0.1, -0.05) is 29.3 Å². The number of nitrogen functional groups attached to an aromatic ring is 1. The highest BCUT2D eigenvalue weighted by Crippen LogP contribution is 2.29. The van der Waals surface area contributed by atoms with E-state index in [0.717, 1.165) is 12.1 Å². The molecule has 0 amide bonds. The van der Waals surface area contributed by atoms with Crippen LogP contribution in [0.4, 0.5) is 10.1 Å². The summed E-state index contributed by atoms with van der Waals surface area (Å²) in [5.41, 5.74) is 5.99. The first kappa shape index (κ1) is 15.1. The first-order valence-corrected chi connectivity index (χ1v) is 7.92. The molecule has 0 heterocycles. The van der Waals surface area contributed by atoms with Crippen LogP contribution in [0.15, 0.2) is 41.3 Å². The molecule has 0 bridgehead atoms. The van der Waals surface area contributed by atoms with Crippen molar-refractivity contribution >= 4 is 38.7 Å². The summed E-state index contributed by atoms with van der Waals surface area (Å²) in [5.74, 6) is -0.899. The minimum Gasteiger partial charge on any atom is -0.398 e. The molecule has 0 saturated heterocycles. The lowest BCUT2D eigenvalue weighted by molar-refractivity contribution is 0.595. The van der Waals surface area contributed by atoms with Gasteiger partial charge in [0.05, 0.1) is 15.7 Å². The molecule has 0 fully saturated rings. The molecular formula is C13H10Cl2FNO2S. The van der Waals surface area contributed by atoms with Crippen LogP contribution in [0.25, 0.3) is 0 Å². The fraction of sp³-hybridized carbons (Fsp3) is 0.0769. The van der Waals surface area contributed by atoms with Crippen molar-refractivity contribution in [1.29, 1.82) is 0 Å². The Hall–Kier alpha value is -1.30. The Labute approximate surface area is 126 Å². The number of hydrogen-bond donors (Lipinski definition) is 1. The van der Waals surface area contributed by atoms with Crippen LogP contribution in [0.2, 0.25) is 10.0 Å². The summed E-state index contributed by atoms with van der Waals surface area (Å²) in [6.45, 7) is 0. The number of benzene rings is 2. The Kier molecular flexibility index (Phi) is 4.22. The van der Waals surface area contributed by atoms with Crippen molar-refractivity contribution in [3.05, 3.63) is 57.8 Å². The third kappa shape index (κ3) is 3.23. The Balaban J connectivity index is 2.43. The maximum Gasteiger partial charge on any atom is 0.184 e. The van der Waals surface area contributed by atoms with E-state index in [1.807, 2.05) is 0 Å².